The molecule has 1 aromatic heterocycles. The van der Waals surface area contributed by atoms with Crippen LogP contribution in [0.25, 0.3) is 0 Å². The minimum atomic E-state index is -0.225. The summed E-state index contributed by atoms with van der Waals surface area (Å²) in [6, 6.07) is -0.0959. The van der Waals surface area contributed by atoms with Crippen LogP contribution in [-0.2, 0) is 6.54 Å². The average Bonchev–Trinajstić information content (AvgIpc) is 2.61. The van der Waals surface area contributed by atoms with Crippen LogP contribution >= 0.6 is 0 Å². The number of aromatic nitrogens is 2. The lowest BCUT2D eigenvalue weighted by Crippen LogP contribution is -2.42. The molecule has 0 saturated carbocycles. The summed E-state index contributed by atoms with van der Waals surface area (Å²) in [5, 5.41) is 9.09. The molecule has 0 unspecified atom stereocenters. The van der Waals surface area contributed by atoms with E-state index in [0.29, 0.717) is 17.6 Å². The maximum atomic E-state index is 11.4. The van der Waals surface area contributed by atoms with E-state index in [1.165, 1.54) is 0 Å². The van der Waals surface area contributed by atoms with Crippen molar-refractivity contribution in [3.63, 3.8) is 0 Å². The number of urea groups is 1. The summed E-state index contributed by atoms with van der Waals surface area (Å²) in [4.78, 5) is 15.4. The highest BCUT2D eigenvalue weighted by atomic mass is 16.5. The van der Waals surface area contributed by atoms with Crippen LogP contribution in [0.15, 0.2) is 4.52 Å². The summed E-state index contributed by atoms with van der Waals surface area (Å²) in [6.45, 7) is 8.03. The lowest BCUT2D eigenvalue weighted by Gasteiger charge is -2.17. The van der Waals surface area contributed by atoms with E-state index in [4.69, 9.17) is 4.52 Å². The maximum absolute atomic E-state index is 11.4. The molecule has 6 nitrogen and oxygen atoms in total. The van der Waals surface area contributed by atoms with Gasteiger partial charge in [-0.3, -0.25) is 0 Å². The SMILES string of the molecule is Cc1noc(CNC(=O)N[C@H](C)C(C)C)n1. The Kier molecular flexibility index (Phi) is 4.28. The number of aryl methyl sites for hydroxylation is 1. The number of hydrogen-bond acceptors (Lipinski definition) is 4. The van der Waals surface area contributed by atoms with Crippen molar-refractivity contribution in [3.8, 4) is 0 Å². The van der Waals surface area contributed by atoms with Crippen LogP contribution in [0.1, 0.15) is 32.5 Å². The first kappa shape index (κ1) is 12.5. The highest BCUT2D eigenvalue weighted by Crippen LogP contribution is 1.99. The Morgan fingerprint density at radius 2 is 2.12 bits per heavy atom. The Morgan fingerprint density at radius 1 is 1.44 bits per heavy atom. The van der Waals surface area contributed by atoms with Gasteiger partial charge < -0.3 is 15.2 Å². The average molecular weight is 226 g/mol. The summed E-state index contributed by atoms with van der Waals surface area (Å²) in [5.41, 5.74) is 0. The molecular formula is C10H18N4O2. The smallest absolute Gasteiger partial charge is 0.315 e. The highest BCUT2D eigenvalue weighted by molar-refractivity contribution is 5.74. The minimum Gasteiger partial charge on any atom is -0.337 e. The van der Waals surface area contributed by atoms with E-state index in [9.17, 15) is 4.79 Å². The molecule has 0 aliphatic rings. The van der Waals surface area contributed by atoms with Crippen LogP contribution in [0.4, 0.5) is 4.79 Å². The number of nitrogens with zero attached hydrogens (tertiary/aromatic N) is 2. The predicted molar refractivity (Wildman–Crippen MR) is 58.7 cm³/mol. The molecule has 2 N–H and O–H groups in total. The van der Waals surface area contributed by atoms with Gasteiger partial charge in [-0.05, 0) is 19.8 Å². The summed E-state index contributed by atoms with van der Waals surface area (Å²) in [6.07, 6.45) is 0. The lowest BCUT2D eigenvalue weighted by atomic mass is 10.1. The fourth-order valence-electron chi connectivity index (χ4n) is 0.992. The number of carbonyl (C=O) groups excluding carboxylic acids is 1. The van der Waals surface area contributed by atoms with Crippen LogP contribution in [0, 0.1) is 12.8 Å². The van der Waals surface area contributed by atoms with Crippen LogP contribution in [-0.4, -0.2) is 22.2 Å². The van der Waals surface area contributed by atoms with Gasteiger partial charge in [-0.2, -0.15) is 4.98 Å². The molecule has 0 fully saturated rings. The molecule has 6 heteroatoms. The molecule has 1 atom stereocenters. The van der Waals surface area contributed by atoms with Gasteiger partial charge in [0.1, 0.15) is 0 Å². The number of amides is 2. The van der Waals surface area contributed by atoms with Gasteiger partial charge in [-0.25, -0.2) is 4.79 Å². The molecule has 0 aromatic carbocycles. The van der Waals surface area contributed by atoms with E-state index in [2.05, 4.69) is 20.8 Å². The first-order valence-electron chi connectivity index (χ1n) is 5.32. The lowest BCUT2D eigenvalue weighted by molar-refractivity contribution is 0.232. The Hall–Kier alpha value is -1.59. The molecule has 0 radical (unpaired) electrons. The molecule has 0 aliphatic heterocycles. The molecule has 1 heterocycles. The molecule has 16 heavy (non-hydrogen) atoms. The van der Waals surface area contributed by atoms with E-state index in [-0.39, 0.29) is 18.6 Å². The van der Waals surface area contributed by atoms with Crippen molar-refractivity contribution in [2.24, 2.45) is 5.92 Å². The minimum absolute atomic E-state index is 0.129. The van der Waals surface area contributed by atoms with Crippen molar-refractivity contribution in [2.45, 2.75) is 40.3 Å². The van der Waals surface area contributed by atoms with E-state index < -0.39 is 0 Å². The van der Waals surface area contributed by atoms with E-state index in [1.54, 1.807) is 6.92 Å². The summed E-state index contributed by atoms with van der Waals surface area (Å²) < 4.78 is 4.86. The van der Waals surface area contributed by atoms with E-state index in [0.717, 1.165) is 0 Å². The van der Waals surface area contributed by atoms with Crippen LogP contribution in [0.2, 0.25) is 0 Å². The van der Waals surface area contributed by atoms with Crippen LogP contribution in [0.5, 0.6) is 0 Å². The van der Waals surface area contributed by atoms with Crippen LogP contribution in [0.3, 0.4) is 0 Å². The van der Waals surface area contributed by atoms with Crippen molar-refractivity contribution in [1.82, 2.24) is 20.8 Å². The normalized spacial score (nSPS) is 12.6. The maximum Gasteiger partial charge on any atom is 0.315 e. The quantitative estimate of drug-likeness (QED) is 0.809. The Balaban J connectivity index is 2.30. The van der Waals surface area contributed by atoms with Gasteiger partial charge in [0.05, 0.1) is 6.54 Å². The Bertz CT molecular complexity index is 348. The van der Waals surface area contributed by atoms with Gasteiger partial charge in [0.25, 0.3) is 0 Å². The van der Waals surface area contributed by atoms with Crippen LogP contribution < -0.4 is 10.6 Å². The van der Waals surface area contributed by atoms with E-state index in [1.807, 2.05) is 20.8 Å². The second-order valence-corrected chi connectivity index (χ2v) is 4.10. The van der Waals surface area contributed by atoms with Crippen molar-refractivity contribution in [1.29, 1.82) is 0 Å². The fraction of sp³-hybridized carbons (Fsp3) is 0.700. The molecule has 90 valence electrons. The predicted octanol–water partition coefficient (Wildman–Crippen LogP) is 1.22. The zero-order valence-corrected chi connectivity index (χ0v) is 10.1. The molecule has 1 rings (SSSR count). The van der Waals surface area contributed by atoms with Gasteiger partial charge >= 0.3 is 6.03 Å². The van der Waals surface area contributed by atoms with Gasteiger partial charge in [0.15, 0.2) is 5.82 Å². The molecular weight excluding hydrogens is 208 g/mol. The number of carbonyl (C=O) groups is 1. The van der Waals surface area contributed by atoms with Gasteiger partial charge in [-0.15, -0.1) is 0 Å². The molecule has 0 aliphatic carbocycles. The van der Waals surface area contributed by atoms with E-state index >= 15 is 0 Å². The largest absolute Gasteiger partial charge is 0.337 e. The van der Waals surface area contributed by atoms with Crippen molar-refractivity contribution in [3.05, 3.63) is 11.7 Å². The molecule has 0 saturated heterocycles. The number of nitrogens with one attached hydrogen (secondary N) is 2. The second-order valence-electron chi connectivity index (χ2n) is 4.10. The third-order valence-corrected chi connectivity index (χ3v) is 2.33. The number of rotatable bonds is 4. The van der Waals surface area contributed by atoms with Gasteiger partial charge in [0.2, 0.25) is 5.89 Å². The van der Waals surface area contributed by atoms with Crippen molar-refractivity contribution in [2.75, 3.05) is 0 Å². The monoisotopic (exact) mass is 226 g/mol. The highest BCUT2D eigenvalue weighted by Gasteiger charge is 2.11. The summed E-state index contributed by atoms with van der Waals surface area (Å²) in [5.74, 6) is 1.37. The van der Waals surface area contributed by atoms with Crippen molar-refractivity contribution < 1.29 is 9.32 Å². The fourth-order valence-corrected chi connectivity index (χ4v) is 0.992. The second kappa shape index (κ2) is 5.48. The Labute approximate surface area is 94.8 Å². The Morgan fingerprint density at radius 3 is 2.62 bits per heavy atom. The summed E-state index contributed by atoms with van der Waals surface area (Å²) >= 11 is 0. The standard InChI is InChI=1S/C10H18N4O2/c1-6(2)7(3)12-10(15)11-5-9-13-8(4)14-16-9/h6-7H,5H2,1-4H3,(H2,11,12,15)/t7-/m1/s1. The molecule has 2 amide bonds. The summed E-state index contributed by atoms with van der Waals surface area (Å²) in [7, 11) is 0. The van der Waals surface area contributed by atoms with Gasteiger partial charge in [-0.1, -0.05) is 19.0 Å². The number of hydrogen-bond donors (Lipinski definition) is 2. The first-order chi connectivity index (χ1) is 7.49. The molecule has 1 aromatic rings. The molecule has 0 bridgehead atoms. The topological polar surface area (TPSA) is 80.0 Å². The zero-order chi connectivity index (χ0) is 12.1. The van der Waals surface area contributed by atoms with Crippen molar-refractivity contribution >= 4 is 6.03 Å². The first-order valence-corrected chi connectivity index (χ1v) is 5.32. The third-order valence-electron chi connectivity index (χ3n) is 2.33. The van der Waals surface area contributed by atoms with Gasteiger partial charge in [0, 0.05) is 6.04 Å². The molecule has 0 spiro atoms. The zero-order valence-electron chi connectivity index (χ0n) is 10.1. The third kappa shape index (κ3) is 3.88.